The Hall–Kier alpha value is -1.66. The summed E-state index contributed by atoms with van der Waals surface area (Å²) in [4.78, 5) is 12.0. The Bertz CT molecular complexity index is 713. The molecule has 0 aliphatic carbocycles. The van der Waals surface area contributed by atoms with Gasteiger partial charge in [0.15, 0.2) is 0 Å². The van der Waals surface area contributed by atoms with Gasteiger partial charge in [-0.2, -0.15) is 5.10 Å². The van der Waals surface area contributed by atoms with Gasteiger partial charge in [-0.05, 0) is 47.1 Å². The smallest absolute Gasteiger partial charge is 0.271 e. The van der Waals surface area contributed by atoms with E-state index in [0.717, 1.165) is 20.1 Å². The first-order valence-electron chi connectivity index (χ1n) is 6.44. The number of amides is 1. The van der Waals surface area contributed by atoms with Gasteiger partial charge in [0, 0.05) is 15.6 Å². The Labute approximate surface area is 145 Å². The quantitative estimate of drug-likeness (QED) is 0.586. The molecule has 6 heteroatoms. The number of hydrazone groups is 1. The zero-order valence-corrected chi connectivity index (χ0v) is 15.2. The Morgan fingerprint density at radius 1 is 1.23 bits per heavy atom. The maximum atomic E-state index is 12.0. The van der Waals surface area contributed by atoms with Crippen LogP contribution in [0.15, 0.2) is 50.4 Å². The zero-order valence-electron chi connectivity index (χ0n) is 12.1. The van der Waals surface area contributed by atoms with E-state index in [1.807, 2.05) is 31.2 Å². The van der Waals surface area contributed by atoms with Crippen LogP contribution in [-0.2, 0) is 0 Å². The van der Waals surface area contributed by atoms with E-state index >= 15 is 0 Å². The van der Waals surface area contributed by atoms with E-state index in [1.165, 1.54) is 0 Å². The molecular weight excluding hydrogens is 412 g/mol. The molecule has 0 heterocycles. The fraction of sp³-hybridized carbons (Fsp3) is 0.125. The number of halogens is 2. The van der Waals surface area contributed by atoms with Gasteiger partial charge in [0.25, 0.3) is 5.91 Å². The van der Waals surface area contributed by atoms with Crippen molar-refractivity contribution in [3.8, 4) is 5.75 Å². The average molecular weight is 426 g/mol. The highest BCUT2D eigenvalue weighted by molar-refractivity contribution is 9.11. The van der Waals surface area contributed by atoms with E-state index in [2.05, 4.69) is 42.4 Å². The molecule has 22 heavy (non-hydrogen) atoms. The van der Waals surface area contributed by atoms with Crippen molar-refractivity contribution in [1.29, 1.82) is 0 Å². The Morgan fingerprint density at radius 3 is 2.55 bits per heavy atom. The average Bonchev–Trinajstić information content (AvgIpc) is 2.47. The van der Waals surface area contributed by atoms with Crippen molar-refractivity contribution in [3.05, 3.63) is 62.0 Å². The molecule has 0 radical (unpaired) electrons. The second-order valence-electron chi connectivity index (χ2n) is 4.58. The maximum absolute atomic E-state index is 12.0. The van der Waals surface area contributed by atoms with Crippen molar-refractivity contribution < 1.29 is 9.53 Å². The number of hydrogen-bond acceptors (Lipinski definition) is 3. The van der Waals surface area contributed by atoms with Crippen LogP contribution < -0.4 is 10.2 Å². The van der Waals surface area contributed by atoms with Gasteiger partial charge in [-0.3, -0.25) is 4.79 Å². The van der Waals surface area contributed by atoms with Gasteiger partial charge in [0.1, 0.15) is 5.75 Å². The summed E-state index contributed by atoms with van der Waals surface area (Å²) in [6, 6.07) is 11.0. The topological polar surface area (TPSA) is 50.7 Å². The number of hydrogen-bond donors (Lipinski definition) is 1. The summed E-state index contributed by atoms with van der Waals surface area (Å²) >= 11 is 6.82. The minimum Gasteiger partial charge on any atom is -0.495 e. The normalized spacial score (nSPS) is 10.7. The molecule has 1 N–H and O–H groups in total. The molecule has 0 atom stereocenters. The van der Waals surface area contributed by atoms with Gasteiger partial charge in [-0.25, -0.2) is 5.43 Å². The van der Waals surface area contributed by atoms with E-state index in [-0.39, 0.29) is 5.91 Å². The molecule has 0 saturated carbocycles. The second-order valence-corrected chi connectivity index (χ2v) is 6.35. The van der Waals surface area contributed by atoms with Gasteiger partial charge < -0.3 is 4.74 Å². The van der Waals surface area contributed by atoms with Crippen LogP contribution in [0.5, 0.6) is 5.75 Å². The Morgan fingerprint density at radius 2 is 1.91 bits per heavy atom. The van der Waals surface area contributed by atoms with Crippen LogP contribution in [0.4, 0.5) is 0 Å². The molecule has 0 aliphatic rings. The van der Waals surface area contributed by atoms with Crippen LogP contribution in [0.3, 0.4) is 0 Å². The van der Waals surface area contributed by atoms with Crippen LogP contribution >= 0.6 is 31.9 Å². The van der Waals surface area contributed by atoms with Crippen LogP contribution in [0, 0.1) is 6.92 Å². The van der Waals surface area contributed by atoms with Gasteiger partial charge in [-0.15, -0.1) is 0 Å². The molecule has 2 aromatic rings. The van der Waals surface area contributed by atoms with Gasteiger partial charge in [0.05, 0.1) is 17.8 Å². The Balaban J connectivity index is 2.12. The second kappa shape index (κ2) is 7.56. The van der Waals surface area contributed by atoms with Gasteiger partial charge >= 0.3 is 0 Å². The van der Waals surface area contributed by atoms with Crippen LogP contribution in [0.1, 0.15) is 21.5 Å². The fourth-order valence-electron chi connectivity index (χ4n) is 1.82. The van der Waals surface area contributed by atoms with E-state index in [0.29, 0.717) is 11.3 Å². The molecule has 0 aromatic heterocycles. The highest BCUT2D eigenvalue weighted by Crippen LogP contribution is 2.31. The van der Waals surface area contributed by atoms with E-state index < -0.39 is 0 Å². The van der Waals surface area contributed by atoms with E-state index in [9.17, 15) is 4.79 Å². The fourth-order valence-corrected chi connectivity index (χ4v) is 3.24. The standard InChI is InChI=1S/C16H14Br2N2O2/c1-10-3-5-11(6-4-10)16(21)20-19-9-12-7-13(17)8-14(18)15(12)22-2/h3-9H,1-2H3,(H,20,21)/b19-9-. The molecule has 1 amide bonds. The SMILES string of the molecule is COc1c(Br)cc(Br)cc1/C=N\NC(=O)c1ccc(C)cc1. The van der Waals surface area contributed by atoms with Crippen molar-refractivity contribution in [2.75, 3.05) is 7.11 Å². The molecule has 114 valence electrons. The Kier molecular flexibility index (Phi) is 5.74. The lowest BCUT2D eigenvalue weighted by Crippen LogP contribution is -2.17. The van der Waals surface area contributed by atoms with E-state index in [1.54, 1.807) is 25.5 Å². The lowest BCUT2D eigenvalue weighted by atomic mass is 10.1. The lowest BCUT2D eigenvalue weighted by molar-refractivity contribution is 0.0955. The number of nitrogens with one attached hydrogen (secondary N) is 1. The number of ether oxygens (including phenoxy) is 1. The van der Waals surface area contributed by atoms with Crippen molar-refractivity contribution in [2.45, 2.75) is 6.92 Å². The van der Waals surface area contributed by atoms with Crippen molar-refractivity contribution >= 4 is 44.0 Å². The van der Waals surface area contributed by atoms with E-state index in [4.69, 9.17) is 4.74 Å². The molecule has 2 rings (SSSR count). The summed E-state index contributed by atoms with van der Waals surface area (Å²) in [5.74, 6) is 0.390. The van der Waals surface area contributed by atoms with Gasteiger partial charge in [-0.1, -0.05) is 33.6 Å². The number of methoxy groups -OCH3 is 1. The number of rotatable bonds is 4. The predicted molar refractivity (Wildman–Crippen MR) is 94.6 cm³/mol. The molecule has 0 fully saturated rings. The first-order valence-corrected chi connectivity index (χ1v) is 8.03. The molecule has 0 spiro atoms. The summed E-state index contributed by atoms with van der Waals surface area (Å²) < 4.78 is 7.00. The zero-order chi connectivity index (χ0) is 16.1. The molecular formula is C16H14Br2N2O2. The number of carbonyl (C=O) groups is 1. The lowest BCUT2D eigenvalue weighted by Gasteiger charge is -2.07. The molecule has 0 aliphatic heterocycles. The third-order valence-corrected chi connectivity index (χ3v) is 3.97. The van der Waals surface area contributed by atoms with Crippen LogP contribution in [0.2, 0.25) is 0 Å². The molecule has 0 saturated heterocycles. The molecule has 4 nitrogen and oxygen atoms in total. The van der Waals surface area contributed by atoms with Crippen LogP contribution in [0.25, 0.3) is 0 Å². The predicted octanol–water partition coefficient (Wildman–Crippen LogP) is 4.29. The van der Waals surface area contributed by atoms with Crippen molar-refractivity contribution in [1.82, 2.24) is 5.43 Å². The largest absolute Gasteiger partial charge is 0.495 e. The van der Waals surface area contributed by atoms with Crippen LogP contribution in [-0.4, -0.2) is 19.2 Å². The minimum atomic E-state index is -0.260. The number of benzene rings is 2. The summed E-state index contributed by atoms with van der Waals surface area (Å²) in [6.07, 6.45) is 1.54. The van der Waals surface area contributed by atoms with Gasteiger partial charge in [0.2, 0.25) is 0 Å². The molecule has 0 unspecified atom stereocenters. The maximum Gasteiger partial charge on any atom is 0.271 e. The summed E-state index contributed by atoms with van der Waals surface area (Å²) in [6.45, 7) is 1.97. The molecule has 2 aromatic carbocycles. The first-order chi connectivity index (χ1) is 10.5. The highest BCUT2D eigenvalue weighted by atomic mass is 79.9. The number of carbonyl (C=O) groups excluding carboxylic acids is 1. The number of nitrogens with zero attached hydrogens (tertiary/aromatic N) is 1. The highest BCUT2D eigenvalue weighted by Gasteiger charge is 2.08. The monoisotopic (exact) mass is 424 g/mol. The third-order valence-electron chi connectivity index (χ3n) is 2.92. The minimum absolute atomic E-state index is 0.260. The summed E-state index contributed by atoms with van der Waals surface area (Å²) in [5, 5.41) is 3.98. The van der Waals surface area contributed by atoms with Crippen molar-refractivity contribution in [2.24, 2.45) is 5.10 Å². The molecule has 0 bridgehead atoms. The third kappa shape index (κ3) is 4.18. The number of aryl methyl sites for hydroxylation is 1. The first kappa shape index (κ1) is 16.7. The summed E-state index contributed by atoms with van der Waals surface area (Å²) in [5.41, 5.74) is 4.91. The van der Waals surface area contributed by atoms with Crippen molar-refractivity contribution in [3.63, 3.8) is 0 Å². The summed E-state index contributed by atoms with van der Waals surface area (Å²) in [7, 11) is 1.58.